The van der Waals surface area contributed by atoms with Crippen LogP contribution < -0.4 is 21.3 Å². The molecule has 0 radical (unpaired) electrons. The summed E-state index contributed by atoms with van der Waals surface area (Å²) in [6.07, 6.45) is 0.0663. The first-order chi connectivity index (χ1) is 11.8. The van der Waals surface area contributed by atoms with Crippen molar-refractivity contribution in [3.63, 3.8) is 0 Å². The maximum absolute atomic E-state index is 12.7. The molecule has 1 atom stereocenters. The number of anilines is 1. The largest absolute Gasteiger partial charge is 0.504 e. The quantitative estimate of drug-likeness (QED) is 0.851. The van der Waals surface area contributed by atoms with Crippen LogP contribution in [0, 0.1) is 0 Å². The molecular weight excluding hydrogens is 326 g/mol. The minimum atomic E-state index is -0.533. The molecule has 0 unspecified atom stereocenters. The molecule has 2 heterocycles. The molecule has 0 aliphatic carbocycles. The molecule has 1 aromatic heterocycles. The third-order valence-electron chi connectivity index (χ3n) is 4.38. The van der Waals surface area contributed by atoms with Gasteiger partial charge < -0.3 is 15.2 Å². The summed E-state index contributed by atoms with van der Waals surface area (Å²) in [6, 6.07) is 4.74. The Hall–Kier alpha value is -3.03. The highest BCUT2D eigenvalue weighted by Gasteiger charge is 2.32. The summed E-state index contributed by atoms with van der Waals surface area (Å²) in [6.45, 7) is 2.16. The van der Waals surface area contributed by atoms with Crippen molar-refractivity contribution in [1.29, 1.82) is 0 Å². The highest BCUT2D eigenvalue weighted by Crippen LogP contribution is 2.37. The maximum atomic E-state index is 12.7. The molecule has 1 amide bonds. The Morgan fingerprint density at radius 2 is 1.96 bits per heavy atom. The monoisotopic (exact) mass is 345 g/mol. The predicted molar refractivity (Wildman–Crippen MR) is 91.3 cm³/mol. The van der Waals surface area contributed by atoms with Crippen LogP contribution in [-0.2, 0) is 18.9 Å². The number of nitrogens with zero attached hydrogens (tertiary/aromatic N) is 2. The maximum Gasteiger partial charge on any atom is 0.332 e. The normalized spacial score (nSPS) is 16.3. The number of carbonyl (C=O) groups is 1. The summed E-state index contributed by atoms with van der Waals surface area (Å²) < 4.78 is 7.67. The van der Waals surface area contributed by atoms with Crippen molar-refractivity contribution in [2.45, 2.75) is 19.3 Å². The Kier molecular flexibility index (Phi) is 4.12. The highest BCUT2D eigenvalue weighted by molar-refractivity contribution is 5.94. The van der Waals surface area contributed by atoms with Crippen molar-refractivity contribution < 1.29 is 14.6 Å². The van der Waals surface area contributed by atoms with Gasteiger partial charge >= 0.3 is 5.69 Å². The third kappa shape index (κ3) is 2.69. The van der Waals surface area contributed by atoms with E-state index in [0.717, 1.165) is 4.57 Å². The fourth-order valence-corrected chi connectivity index (χ4v) is 3.11. The van der Waals surface area contributed by atoms with Crippen LogP contribution in [0.5, 0.6) is 11.5 Å². The van der Waals surface area contributed by atoms with E-state index in [1.807, 2.05) is 0 Å². The van der Waals surface area contributed by atoms with Gasteiger partial charge in [-0.15, -0.1) is 0 Å². The van der Waals surface area contributed by atoms with Crippen LogP contribution in [0.4, 0.5) is 5.82 Å². The minimum absolute atomic E-state index is 0.0144. The fourth-order valence-electron chi connectivity index (χ4n) is 3.11. The average Bonchev–Trinajstić information content (AvgIpc) is 2.59. The zero-order valence-electron chi connectivity index (χ0n) is 14.2. The molecule has 0 saturated heterocycles. The van der Waals surface area contributed by atoms with E-state index < -0.39 is 17.2 Å². The summed E-state index contributed by atoms with van der Waals surface area (Å²) in [7, 11) is 2.91. The fraction of sp³-hybridized carbons (Fsp3) is 0.353. The molecular formula is C17H19N3O5. The van der Waals surface area contributed by atoms with E-state index in [1.54, 1.807) is 19.1 Å². The first-order valence-electron chi connectivity index (χ1n) is 7.90. The number of phenols is 1. The van der Waals surface area contributed by atoms with Crippen molar-refractivity contribution >= 4 is 11.7 Å². The zero-order valence-corrected chi connectivity index (χ0v) is 14.2. The Bertz CT molecular complexity index is 973. The number of hydrogen-bond donors (Lipinski definition) is 2. The lowest BCUT2D eigenvalue weighted by atomic mass is 9.86. The van der Waals surface area contributed by atoms with Gasteiger partial charge in [-0.3, -0.25) is 18.7 Å². The van der Waals surface area contributed by atoms with E-state index in [1.165, 1.54) is 24.7 Å². The van der Waals surface area contributed by atoms with Crippen LogP contribution in [0.15, 0.2) is 27.8 Å². The van der Waals surface area contributed by atoms with E-state index in [0.29, 0.717) is 17.7 Å². The van der Waals surface area contributed by atoms with E-state index in [9.17, 15) is 19.5 Å². The SMILES string of the molecule is CCOc1cc([C@H]2CC(=O)Nc3c2c(=O)n(C)c(=O)n3C)ccc1O. The number of ether oxygens (including phenoxy) is 1. The highest BCUT2D eigenvalue weighted by atomic mass is 16.5. The number of benzene rings is 1. The van der Waals surface area contributed by atoms with Gasteiger partial charge in [0.1, 0.15) is 5.82 Å². The average molecular weight is 345 g/mol. The van der Waals surface area contributed by atoms with Crippen molar-refractivity contribution in [2.24, 2.45) is 14.1 Å². The van der Waals surface area contributed by atoms with Crippen LogP contribution >= 0.6 is 0 Å². The Balaban J connectivity index is 2.24. The molecule has 0 bridgehead atoms. The number of fused-ring (bicyclic) bond motifs is 1. The molecule has 0 fully saturated rings. The first-order valence-corrected chi connectivity index (χ1v) is 7.90. The van der Waals surface area contributed by atoms with Crippen LogP contribution in [0.25, 0.3) is 0 Å². The number of phenolic OH excluding ortho intramolecular Hbond substituents is 1. The molecule has 1 aromatic carbocycles. The van der Waals surface area contributed by atoms with Gasteiger partial charge in [-0.1, -0.05) is 6.07 Å². The smallest absolute Gasteiger partial charge is 0.332 e. The molecule has 8 heteroatoms. The Morgan fingerprint density at radius 3 is 2.64 bits per heavy atom. The first kappa shape index (κ1) is 16.8. The molecule has 0 spiro atoms. The molecule has 25 heavy (non-hydrogen) atoms. The molecule has 1 aliphatic heterocycles. The second-order valence-corrected chi connectivity index (χ2v) is 5.93. The van der Waals surface area contributed by atoms with Crippen LogP contribution in [0.1, 0.15) is 30.4 Å². The van der Waals surface area contributed by atoms with Crippen molar-refractivity contribution in [1.82, 2.24) is 9.13 Å². The van der Waals surface area contributed by atoms with Gasteiger partial charge in [0, 0.05) is 26.4 Å². The summed E-state index contributed by atoms with van der Waals surface area (Å²) in [4.78, 5) is 36.9. The molecule has 2 aromatic rings. The Morgan fingerprint density at radius 1 is 1.24 bits per heavy atom. The lowest BCUT2D eigenvalue weighted by Gasteiger charge is -2.27. The molecule has 2 N–H and O–H groups in total. The van der Waals surface area contributed by atoms with E-state index in [4.69, 9.17) is 4.74 Å². The lowest BCUT2D eigenvalue weighted by Crippen LogP contribution is -2.44. The number of amides is 1. The zero-order chi connectivity index (χ0) is 18.3. The van der Waals surface area contributed by atoms with Gasteiger partial charge in [0.05, 0.1) is 12.2 Å². The Labute approximate surface area is 143 Å². The number of aromatic hydroxyl groups is 1. The molecule has 8 nitrogen and oxygen atoms in total. The van der Waals surface area contributed by atoms with Gasteiger partial charge in [0.2, 0.25) is 5.91 Å². The van der Waals surface area contributed by atoms with Crippen LogP contribution in [0.3, 0.4) is 0 Å². The second kappa shape index (κ2) is 6.12. The summed E-state index contributed by atoms with van der Waals surface area (Å²) in [5, 5.41) is 12.5. The topological polar surface area (TPSA) is 103 Å². The van der Waals surface area contributed by atoms with Crippen molar-refractivity contribution in [3.8, 4) is 11.5 Å². The number of nitrogens with one attached hydrogen (secondary N) is 1. The second-order valence-electron chi connectivity index (χ2n) is 5.93. The summed E-state index contributed by atoms with van der Waals surface area (Å²) in [5.74, 6) is -0.338. The number of rotatable bonds is 3. The van der Waals surface area contributed by atoms with Crippen molar-refractivity contribution in [3.05, 3.63) is 50.2 Å². The minimum Gasteiger partial charge on any atom is -0.504 e. The van der Waals surface area contributed by atoms with E-state index in [-0.39, 0.29) is 29.6 Å². The summed E-state index contributed by atoms with van der Waals surface area (Å²) >= 11 is 0. The van der Waals surface area contributed by atoms with Gasteiger partial charge in [-0.25, -0.2) is 4.79 Å². The van der Waals surface area contributed by atoms with Gasteiger partial charge in [-0.05, 0) is 24.6 Å². The van der Waals surface area contributed by atoms with E-state index in [2.05, 4.69) is 5.32 Å². The molecule has 3 rings (SSSR count). The number of hydrogen-bond acceptors (Lipinski definition) is 5. The molecule has 1 aliphatic rings. The number of aromatic nitrogens is 2. The summed E-state index contributed by atoms with van der Waals surface area (Å²) in [5.41, 5.74) is 0.0463. The predicted octanol–water partition coefficient (Wildman–Crippen LogP) is 0.662. The number of carbonyl (C=O) groups excluding carboxylic acids is 1. The van der Waals surface area contributed by atoms with E-state index >= 15 is 0 Å². The van der Waals surface area contributed by atoms with Gasteiger partial charge in [0.25, 0.3) is 5.56 Å². The lowest BCUT2D eigenvalue weighted by molar-refractivity contribution is -0.116. The van der Waals surface area contributed by atoms with Crippen molar-refractivity contribution in [2.75, 3.05) is 11.9 Å². The van der Waals surface area contributed by atoms with Gasteiger partial charge in [0.15, 0.2) is 11.5 Å². The molecule has 0 saturated carbocycles. The third-order valence-corrected chi connectivity index (χ3v) is 4.38. The van der Waals surface area contributed by atoms with Gasteiger partial charge in [-0.2, -0.15) is 0 Å². The standard InChI is InChI=1S/C17H19N3O5/c1-4-25-12-7-9(5-6-11(12)21)10-8-13(22)18-15-14(10)16(23)20(3)17(24)19(15)2/h5-7,10,21H,4,8H2,1-3H3,(H,18,22)/t10-/m1/s1. The molecule has 132 valence electrons. The van der Waals surface area contributed by atoms with Crippen LogP contribution in [0.2, 0.25) is 0 Å². The van der Waals surface area contributed by atoms with Crippen LogP contribution in [-0.4, -0.2) is 26.8 Å².